The Bertz CT molecular complexity index is 3090. The molecule has 1 saturated carbocycles. The Balaban J connectivity index is 1.63. The molecular formula is C71H98N2Si3. The van der Waals surface area contributed by atoms with Crippen LogP contribution >= 0.6 is 0 Å². The third-order valence-electron chi connectivity index (χ3n) is 17.4. The fraction of sp³-hybridized carbons (Fsp3) is 0.465. The van der Waals surface area contributed by atoms with Crippen molar-refractivity contribution >= 4 is 98.3 Å². The van der Waals surface area contributed by atoms with Gasteiger partial charge in [0.25, 0.3) is 0 Å². The number of aryl methyl sites for hydroxylation is 1. The van der Waals surface area contributed by atoms with E-state index in [1.807, 2.05) is 0 Å². The van der Waals surface area contributed by atoms with Crippen molar-refractivity contribution in [2.24, 2.45) is 0 Å². The maximum atomic E-state index is 2.79. The smallest absolute Gasteiger partial charge is 0.0704 e. The van der Waals surface area contributed by atoms with Crippen LogP contribution in [0.4, 0.5) is 34.1 Å². The van der Waals surface area contributed by atoms with Crippen LogP contribution < -0.4 is 25.4 Å². The molecule has 1 aliphatic carbocycles. The molecule has 2 nitrogen and oxygen atoms in total. The quantitative estimate of drug-likeness (QED) is 0.0574. The summed E-state index contributed by atoms with van der Waals surface area (Å²) >= 11 is 0. The molecule has 0 bridgehead atoms. The minimum absolute atomic E-state index is 0.0491. The van der Waals surface area contributed by atoms with Crippen LogP contribution in [0.25, 0.3) is 21.5 Å². The van der Waals surface area contributed by atoms with Gasteiger partial charge in [0, 0.05) is 44.3 Å². The van der Waals surface area contributed by atoms with E-state index in [1.165, 1.54) is 151 Å². The summed E-state index contributed by atoms with van der Waals surface area (Å²) in [6.45, 7) is 43.3. The highest BCUT2D eigenvalue weighted by atomic mass is 28.3. The molecule has 7 aromatic carbocycles. The highest BCUT2D eigenvalue weighted by Crippen LogP contribution is 2.53. The second kappa shape index (κ2) is 23.0. The van der Waals surface area contributed by atoms with E-state index in [0.29, 0.717) is 5.92 Å². The molecule has 76 heavy (non-hydrogen) atoms. The van der Waals surface area contributed by atoms with Crippen LogP contribution in [0.15, 0.2) is 115 Å². The van der Waals surface area contributed by atoms with Crippen LogP contribution in [0.2, 0.25) is 30.2 Å². The average Bonchev–Trinajstić information content (AvgIpc) is 3.44. The third kappa shape index (κ3) is 12.3. The van der Waals surface area contributed by atoms with Gasteiger partial charge in [0.2, 0.25) is 0 Å². The van der Waals surface area contributed by atoms with Crippen molar-refractivity contribution < 1.29 is 0 Å². The zero-order valence-electron chi connectivity index (χ0n) is 50.9. The first-order valence-electron chi connectivity index (χ1n) is 30.0. The van der Waals surface area contributed by atoms with Gasteiger partial charge < -0.3 is 9.80 Å². The molecule has 0 amide bonds. The minimum Gasteiger partial charge on any atom is -0.309 e. The molecule has 0 aliphatic heterocycles. The molecule has 0 saturated heterocycles. The first-order valence-corrected chi connectivity index (χ1v) is 36.2. The van der Waals surface area contributed by atoms with Gasteiger partial charge in [0.1, 0.15) is 0 Å². The van der Waals surface area contributed by atoms with Crippen molar-refractivity contribution in [1.29, 1.82) is 0 Å². The summed E-state index contributed by atoms with van der Waals surface area (Å²) in [6, 6.07) is 54.6. The fourth-order valence-corrected chi connectivity index (χ4v) is 18.9. The van der Waals surface area contributed by atoms with Crippen LogP contribution in [-0.2, 0) is 21.7 Å². The molecule has 8 rings (SSSR count). The summed E-state index contributed by atoms with van der Waals surface area (Å²) in [5, 5.41) is 10.1. The summed E-state index contributed by atoms with van der Waals surface area (Å²) < 4.78 is 0. The third-order valence-corrected chi connectivity index (χ3v) is 25.4. The van der Waals surface area contributed by atoms with Crippen molar-refractivity contribution in [3.05, 3.63) is 149 Å². The maximum Gasteiger partial charge on any atom is 0.0704 e. The molecule has 7 aromatic rings. The lowest BCUT2D eigenvalue weighted by atomic mass is 9.80. The Morgan fingerprint density at radius 2 is 0.842 bits per heavy atom. The Morgan fingerprint density at radius 3 is 1.28 bits per heavy atom. The summed E-state index contributed by atoms with van der Waals surface area (Å²) in [6.07, 6.45) is 6.47. The van der Waals surface area contributed by atoms with Gasteiger partial charge in [-0.15, -0.1) is 0 Å². The van der Waals surface area contributed by atoms with E-state index >= 15 is 0 Å². The van der Waals surface area contributed by atoms with Crippen molar-refractivity contribution in [1.82, 2.24) is 0 Å². The number of anilines is 6. The van der Waals surface area contributed by atoms with Crippen LogP contribution in [0.5, 0.6) is 0 Å². The highest BCUT2D eigenvalue weighted by Gasteiger charge is 2.32. The fourth-order valence-electron chi connectivity index (χ4n) is 12.5. The standard InChI is InChI=1S/C71H98N2Si3/c1-19-74-59-44-58(46-61(47-59)76(22-4)23-5)73(57-42-53(70(13,14)15)39-54(43-57)71(16,17)18)67-63-32-28-27-31-62(63)66(64-34-33-50(37-65(64)67)49-29-25-24-26-30-49)72(55-35-48(6)36-60(45-55)75(20-2)21-3)56-40-51(68(7,8)9)38-52(41-56)69(10,11)12/h27-28,31-47,49,75-76H,19-26,29-30,74H2,1-18H3. The van der Waals surface area contributed by atoms with E-state index in [-0.39, 0.29) is 21.7 Å². The lowest BCUT2D eigenvalue weighted by Gasteiger charge is -2.36. The van der Waals surface area contributed by atoms with Crippen molar-refractivity contribution in [3.63, 3.8) is 0 Å². The molecule has 0 spiro atoms. The molecule has 0 N–H and O–H groups in total. The monoisotopic (exact) mass is 1060 g/mol. The molecular weight excluding hydrogens is 965 g/mol. The lowest BCUT2D eigenvalue weighted by molar-refractivity contribution is 0.444. The molecule has 0 atom stereocenters. The van der Waals surface area contributed by atoms with Gasteiger partial charge in [-0.3, -0.25) is 0 Å². The first kappa shape index (κ1) is 57.5. The van der Waals surface area contributed by atoms with Gasteiger partial charge >= 0.3 is 0 Å². The van der Waals surface area contributed by atoms with Crippen LogP contribution in [0.1, 0.15) is 189 Å². The van der Waals surface area contributed by atoms with Gasteiger partial charge in [-0.1, -0.05) is 243 Å². The van der Waals surface area contributed by atoms with Crippen LogP contribution in [0.3, 0.4) is 0 Å². The Labute approximate surface area is 468 Å². The van der Waals surface area contributed by atoms with Crippen molar-refractivity contribution in [3.8, 4) is 0 Å². The topological polar surface area (TPSA) is 6.48 Å². The van der Waals surface area contributed by atoms with Gasteiger partial charge in [-0.25, -0.2) is 0 Å². The van der Waals surface area contributed by atoms with E-state index in [1.54, 1.807) is 15.6 Å². The summed E-state index contributed by atoms with van der Waals surface area (Å²) in [7, 11) is -2.90. The number of hydrogen-bond acceptors (Lipinski definition) is 2. The molecule has 0 radical (unpaired) electrons. The second-order valence-electron chi connectivity index (χ2n) is 27.4. The number of rotatable bonds is 15. The van der Waals surface area contributed by atoms with Gasteiger partial charge in [-0.05, 0) is 135 Å². The van der Waals surface area contributed by atoms with Crippen molar-refractivity contribution in [2.75, 3.05) is 9.80 Å². The number of benzene rings is 7. The minimum atomic E-state index is -1.22. The van der Waals surface area contributed by atoms with Gasteiger partial charge in [-0.2, -0.15) is 0 Å². The highest BCUT2D eigenvalue weighted by molar-refractivity contribution is 6.74. The van der Waals surface area contributed by atoms with E-state index in [4.69, 9.17) is 0 Å². The Kier molecular flexibility index (Phi) is 17.4. The molecule has 0 aromatic heterocycles. The molecule has 404 valence electrons. The molecule has 0 unspecified atom stereocenters. The zero-order chi connectivity index (χ0) is 55.1. The largest absolute Gasteiger partial charge is 0.309 e. The number of fused-ring (bicyclic) bond motifs is 2. The zero-order valence-corrected chi connectivity index (χ0v) is 54.6. The van der Waals surface area contributed by atoms with Crippen LogP contribution in [-0.4, -0.2) is 27.1 Å². The first-order chi connectivity index (χ1) is 35.9. The second-order valence-corrected chi connectivity index (χ2v) is 37.1. The molecule has 1 fully saturated rings. The summed E-state index contributed by atoms with van der Waals surface area (Å²) in [4.78, 5) is 5.53. The maximum absolute atomic E-state index is 2.79. The van der Waals surface area contributed by atoms with Crippen molar-refractivity contribution in [2.45, 2.75) is 215 Å². The van der Waals surface area contributed by atoms with Gasteiger partial charge in [0.15, 0.2) is 0 Å². The number of nitrogens with zero attached hydrogens (tertiary/aromatic N) is 2. The SMILES string of the molecule is CC[SiH2]c1cc(N(c2cc(C(C)(C)C)cc(C(C)(C)C)c2)c2c3ccccc3c(N(c3cc(C)cc([SiH](CC)CC)c3)c3cc(C(C)(C)C)cc(C(C)(C)C)c3)c3ccc(C4CCCCC4)cc23)cc([SiH](CC)CC)c1. The Morgan fingerprint density at radius 1 is 0.434 bits per heavy atom. The predicted octanol–water partition coefficient (Wildman–Crippen LogP) is 18.7. The normalized spacial score (nSPS) is 14.3. The Hall–Kier alpha value is -4.69. The predicted molar refractivity (Wildman–Crippen MR) is 350 cm³/mol. The number of hydrogen-bond donors (Lipinski definition) is 0. The molecule has 5 heteroatoms. The van der Waals surface area contributed by atoms with Gasteiger partial charge in [0.05, 0.1) is 38.5 Å². The van der Waals surface area contributed by atoms with E-state index in [0.717, 1.165) is 0 Å². The molecule has 1 aliphatic rings. The summed E-state index contributed by atoms with van der Waals surface area (Å²) in [5.41, 5.74) is 15.9. The van der Waals surface area contributed by atoms with E-state index < -0.39 is 27.1 Å². The van der Waals surface area contributed by atoms with E-state index in [2.05, 4.69) is 250 Å². The van der Waals surface area contributed by atoms with E-state index in [9.17, 15) is 0 Å². The lowest BCUT2D eigenvalue weighted by Crippen LogP contribution is -2.33. The average molecular weight is 1060 g/mol. The molecule has 0 heterocycles. The van der Waals surface area contributed by atoms with Crippen LogP contribution in [0, 0.1) is 6.92 Å². The summed E-state index contributed by atoms with van der Waals surface area (Å²) in [5.74, 6) is 0.552.